The van der Waals surface area contributed by atoms with E-state index < -0.39 is 54.7 Å². The highest BCUT2D eigenvalue weighted by Crippen LogP contribution is 2.66. The summed E-state index contributed by atoms with van der Waals surface area (Å²) in [7, 11) is -15.2. The molecule has 0 spiro atoms. The Morgan fingerprint density at radius 2 is 1.90 bits per heavy atom. The maximum Gasteiger partial charge on any atom is 0.490 e. The molecule has 6 atom stereocenters. The van der Waals surface area contributed by atoms with Crippen molar-refractivity contribution in [3.05, 3.63) is 36.5 Å². The Hall–Kier alpha value is -2.25. The number of ether oxygens (including phenoxy) is 2. The van der Waals surface area contributed by atoms with E-state index in [9.17, 15) is 33.4 Å². The van der Waals surface area contributed by atoms with E-state index in [1.165, 1.54) is 23.2 Å². The lowest BCUT2D eigenvalue weighted by molar-refractivity contribution is -0.108. The number of benzene rings is 1. The zero-order valence-corrected chi connectivity index (χ0v) is 23.9. The van der Waals surface area contributed by atoms with Crippen molar-refractivity contribution in [3.8, 4) is 5.75 Å². The van der Waals surface area contributed by atoms with Gasteiger partial charge in [-0.2, -0.15) is 8.62 Å². The van der Waals surface area contributed by atoms with Crippen LogP contribution in [0.15, 0.2) is 36.5 Å². The van der Waals surface area contributed by atoms with Gasteiger partial charge in [-0.1, -0.05) is 12.1 Å². The number of nitrogens with zero attached hydrogens (tertiary/aromatic N) is 1. The maximum atomic E-state index is 12.2. The lowest BCUT2D eigenvalue weighted by Gasteiger charge is -2.26. The molecule has 0 aliphatic carbocycles. The molecule has 11 N–H and O–H groups in total. The molecule has 20 nitrogen and oxygen atoms in total. The molecule has 1 aromatic carbocycles. The summed E-state index contributed by atoms with van der Waals surface area (Å²) in [5.41, 5.74) is 11.6. The monoisotopic (exact) mass is 648 g/mol. The summed E-state index contributed by atoms with van der Waals surface area (Å²) in [6.07, 6.45) is -0.783. The molecule has 1 fully saturated rings. The quantitative estimate of drug-likeness (QED) is 0.0195. The number of amidine groups is 1. The van der Waals surface area contributed by atoms with E-state index >= 15 is 0 Å². The lowest BCUT2D eigenvalue weighted by atomic mass is 10.2. The molecule has 0 bridgehead atoms. The molecule has 1 heterocycles. The number of amides is 1. The number of nitrogens with one attached hydrogen (secondary N) is 4. The Kier molecular flexibility index (Phi) is 13.0. The number of carbonyl (C=O) groups excluding carboxylic acids is 1. The topological polar surface area (TPSA) is 305 Å². The minimum Gasteiger partial charge on any atom is -0.506 e. The van der Waals surface area contributed by atoms with Crippen molar-refractivity contribution in [2.75, 3.05) is 25.6 Å². The standard InChI is InChI=1S/C18H31N6O14P3/c1-24(7-6-16(20)21-11-25)18-8-14(35-17(9-19)23-22-12-4-2-3-5-13(12)26)15(36-18)10-34-40(30,31)38-41(32,33)37-39(27,28)29/h2-7,11,14-15,17-18,22-23,26H,8-10,19H2,1H3,(H,30,31)(H,32,33)(H2,20,21,25)(H2,27,28,29)/b7-6-/t14?,15-,17?,18-/m1/s1. The number of anilines is 1. The number of phosphoric ester groups is 1. The Bertz CT molecular complexity index is 1220. The van der Waals surface area contributed by atoms with Crippen molar-refractivity contribution >= 4 is 41.4 Å². The van der Waals surface area contributed by atoms with Crippen LogP contribution in [-0.2, 0) is 41.1 Å². The summed E-state index contributed by atoms with van der Waals surface area (Å²) in [5.74, 6) is -0.304. The van der Waals surface area contributed by atoms with Gasteiger partial charge in [-0.25, -0.2) is 19.1 Å². The van der Waals surface area contributed by atoms with Crippen LogP contribution in [0.2, 0.25) is 0 Å². The van der Waals surface area contributed by atoms with Gasteiger partial charge in [0.15, 0.2) is 0 Å². The maximum absolute atomic E-state index is 12.2. The molecule has 0 saturated carbocycles. The minimum atomic E-state index is -5.73. The zero-order chi connectivity index (χ0) is 30.8. The number of phenols is 1. The zero-order valence-electron chi connectivity index (χ0n) is 21.2. The third-order valence-electron chi connectivity index (χ3n) is 4.97. The highest BCUT2D eigenvalue weighted by Gasteiger charge is 2.44. The molecule has 232 valence electrons. The normalized spacial score (nSPS) is 22.9. The molecule has 4 unspecified atom stereocenters. The second-order valence-electron chi connectivity index (χ2n) is 8.09. The predicted octanol–water partition coefficient (Wildman–Crippen LogP) is -0.394. The highest BCUT2D eigenvalue weighted by molar-refractivity contribution is 7.66. The Morgan fingerprint density at radius 3 is 2.51 bits per heavy atom. The molecule has 0 radical (unpaired) electrons. The Labute approximate surface area is 233 Å². The van der Waals surface area contributed by atoms with Crippen molar-refractivity contribution in [2.45, 2.75) is 31.1 Å². The SMILES string of the molecule is CN(/C=C\C(=N)NC=O)[C@H]1CC(OC(CN)NNc2ccccc2O)[C@@H](COP(=O)(O)OP(=O)(O)OP(=O)(O)O)O1. The molecule has 41 heavy (non-hydrogen) atoms. The van der Waals surface area contributed by atoms with Crippen LogP contribution in [0.25, 0.3) is 0 Å². The molecule has 2 rings (SSSR count). The van der Waals surface area contributed by atoms with Crippen LogP contribution < -0.4 is 21.9 Å². The second-order valence-corrected chi connectivity index (χ2v) is 12.5. The fraction of sp³-hybridized carbons (Fsp3) is 0.444. The van der Waals surface area contributed by atoms with Gasteiger partial charge in [0.1, 0.15) is 30.1 Å². The number of nitrogens with two attached hydrogens (primary N) is 1. The van der Waals surface area contributed by atoms with Crippen LogP contribution >= 0.6 is 23.5 Å². The van der Waals surface area contributed by atoms with Gasteiger partial charge in [0.2, 0.25) is 6.41 Å². The van der Waals surface area contributed by atoms with Crippen molar-refractivity contribution < 1.29 is 65.8 Å². The van der Waals surface area contributed by atoms with Crippen LogP contribution in [0, 0.1) is 5.41 Å². The van der Waals surface area contributed by atoms with Crippen molar-refractivity contribution in [3.63, 3.8) is 0 Å². The molecule has 23 heteroatoms. The van der Waals surface area contributed by atoms with Crippen molar-refractivity contribution in [2.24, 2.45) is 5.73 Å². The van der Waals surface area contributed by atoms with Gasteiger partial charge < -0.3 is 55.5 Å². The molecule has 1 amide bonds. The number of phosphoric acid groups is 3. The van der Waals surface area contributed by atoms with Gasteiger partial charge in [0.05, 0.1) is 18.4 Å². The van der Waals surface area contributed by atoms with E-state index in [-0.39, 0.29) is 24.6 Å². The highest BCUT2D eigenvalue weighted by atomic mass is 31.3. The molecule has 1 aliphatic heterocycles. The van der Waals surface area contributed by atoms with Crippen LogP contribution in [0.1, 0.15) is 6.42 Å². The van der Waals surface area contributed by atoms with Gasteiger partial charge in [0.25, 0.3) is 0 Å². The number of rotatable bonds is 17. The average Bonchev–Trinajstić information content (AvgIpc) is 3.25. The van der Waals surface area contributed by atoms with Crippen LogP contribution in [0.4, 0.5) is 5.69 Å². The number of para-hydroxylation sites is 2. The molecule has 1 aromatic rings. The third kappa shape index (κ3) is 12.7. The minimum absolute atomic E-state index is 0.0723. The fourth-order valence-electron chi connectivity index (χ4n) is 3.22. The van der Waals surface area contributed by atoms with Gasteiger partial charge in [-0.3, -0.25) is 14.7 Å². The number of aromatic hydroxyl groups is 1. The first-order valence-electron chi connectivity index (χ1n) is 11.3. The van der Waals surface area contributed by atoms with Gasteiger partial charge in [-0.05, 0) is 18.2 Å². The van der Waals surface area contributed by atoms with Crippen LogP contribution in [0.3, 0.4) is 0 Å². The molecular formula is C18H31N6O14P3. The number of hydrogen-bond donors (Lipinski definition) is 10. The third-order valence-corrected chi connectivity index (χ3v) is 8.77. The van der Waals surface area contributed by atoms with E-state index in [4.69, 9.17) is 34.9 Å². The summed E-state index contributed by atoms with van der Waals surface area (Å²) in [5, 5.41) is 19.6. The number of phenolic OH excluding ortho intramolecular Hbond substituents is 1. The number of hydrogen-bond acceptors (Lipinski definition) is 15. The fourth-order valence-corrected chi connectivity index (χ4v) is 6.25. The van der Waals surface area contributed by atoms with E-state index in [1.54, 1.807) is 25.2 Å². The van der Waals surface area contributed by atoms with Gasteiger partial charge >= 0.3 is 23.5 Å². The van der Waals surface area contributed by atoms with Gasteiger partial charge in [-0.15, -0.1) is 0 Å². The number of hydrazine groups is 1. The van der Waals surface area contributed by atoms with Gasteiger partial charge in [0, 0.05) is 26.2 Å². The average molecular weight is 648 g/mol. The van der Waals surface area contributed by atoms with E-state index in [0.717, 1.165) is 0 Å². The van der Waals surface area contributed by atoms with Crippen LogP contribution in [0.5, 0.6) is 5.75 Å². The first-order chi connectivity index (χ1) is 19.0. The first-order valence-corrected chi connectivity index (χ1v) is 15.8. The smallest absolute Gasteiger partial charge is 0.490 e. The first kappa shape index (κ1) is 34.9. The molecule has 1 saturated heterocycles. The van der Waals surface area contributed by atoms with Crippen molar-refractivity contribution in [1.29, 1.82) is 5.41 Å². The summed E-state index contributed by atoms with van der Waals surface area (Å²) >= 11 is 0. The largest absolute Gasteiger partial charge is 0.506 e. The molecular weight excluding hydrogens is 617 g/mol. The summed E-state index contributed by atoms with van der Waals surface area (Å²) < 4.78 is 58.5. The van der Waals surface area contributed by atoms with Crippen LogP contribution in [-0.4, -0.2) is 86.7 Å². The molecule has 1 aliphatic rings. The predicted molar refractivity (Wildman–Crippen MR) is 140 cm³/mol. The Morgan fingerprint density at radius 1 is 1.22 bits per heavy atom. The van der Waals surface area contributed by atoms with E-state index in [1.807, 2.05) is 0 Å². The Balaban J connectivity index is 2.14. The number of carbonyl (C=O) groups is 1. The summed E-state index contributed by atoms with van der Waals surface area (Å²) in [6.45, 7) is -0.913. The molecule has 0 aromatic heterocycles. The summed E-state index contributed by atoms with van der Waals surface area (Å²) in [4.78, 5) is 48.5. The van der Waals surface area contributed by atoms with Crippen molar-refractivity contribution in [1.82, 2.24) is 15.6 Å². The summed E-state index contributed by atoms with van der Waals surface area (Å²) in [6, 6.07) is 6.26. The lowest BCUT2D eigenvalue weighted by Crippen LogP contribution is -2.46. The second kappa shape index (κ2) is 15.3. The van der Waals surface area contributed by atoms with E-state index in [0.29, 0.717) is 12.1 Å². The van der Waals surface area contributed by atoms with E-state index in [2.05, 4.69) is 24.8 Å².